The normalized spacial score (nSPS) is 15.6. The van der Waals surface area contributed by atoms with Crippen LogP contribution in [0.2, 0.25) is 0 Å². The molecule has 3 aromatic rings. The van der Waals surface area contributed by atoms with Crippen molar-refractivity contribution in [2.75, 3.05) is 6.54 Å². The standard InChI is InChI=1S/C25H26N4O3/c30-22(31)16-28(20-11-4-5-12-20)25(32)23-26-24(18-7-2-1-3-8-18)29(27-23)21-14-13-17-9-6-10-19(17)15-21/h1-3,7-8,13-15,20H,4-6,9-12,16H2,(H,30,31). The van der Waals surface area contributed by atoms with E-state index in [-0.39, 0.29) is 18.4 Å². The maximum absolute atomic E-state index is 13.4. The molecule has 0 saturated heterocycles. The lowest BCUT2D eigenvalue weighted by atomic mass is 10.1. The predicted molar refractivity (Wildman–Crippen MR) is 120 cm³/mol. The number of aryl methyl sites for hydroxylation is 2. The molecule has 0 spiro atoms. The van der Waals surface area contributed by atoms with Crippen molar-refractivity contribution in [2.24, 2.45) is 0 Å². The molecule has 0 aliphatic heterocycles. The van der Waals surface area contributed by atoms with Gasteiger partial charge in [-0.2, -0.15) is 0 Å². The van der Waals surface area contributed by atoms with Crippen molar-refractivity contribution in [3.05, 3.63) is 65.5 Å². The van der Waals surface area contributed by atoms with Gasteiger partial charge < -0.3 is 10.0 Å². The number of carboxylic acid groups (broad SMARTS) is 1. The molecule has 1 heterocycles. The average molecular weight is 431 g/mol. The van der Waals surface area contributed by atoms with Crippen LogP contribution in [0.5, 0.6) is 0 Å². The molecule has 2 aliphatic carbocycles. The molecule has 2 aromatic carbocycles. The number of fused-ring (bicyclic) bond motifs is 1. The molecular formula is C25H26N4O3. The first-order valence-corrected chi connectivity index (χ1v) is 11.3. The Balaban J connectivity index is 1.57. The van der Waals surface area contributed by atoms with Gasteiger partial charge in [0.2, 0.25) is 5.82 Å². The summed E-state index contributed by atoms with van der Waals surface area (Å²) in [5.74, 6) is -0.825. The van der Waals surface area contributed by atoms with Crippen LogP contribution < -0.4 is 0 Å². The van der Waals surface area contributed by atoms with Crippen molar-refractivity contribution in [3.8, 4) is 17.1 Å². The van der Waals surface area contributed by atoms with Gasteiger partial charge in [0.05, 0.1) is 5.69 Å². The number of hydrogen-bond acceptors (Lipinski definition) is 4. The molecule has 1 amide bonds. The van der Waals surface area contributed by atoms with Crippen LogP contribution in [0.4, 0.5) is 0 Å². The van der Waals surface area contributed by atoms with Crippen LogP contribution in [-0.2, 0) is 17.6 Å². The second kappa shape index (κ2) is 8.57. The Morgan fingerprint density at radius 3 is 2.50 bits per heavy atom. The highest BCUT2D eigenvalue weighted by molar-refractivity contribution is 5.93. The molecule has 32 heavy (non-hydrogen) atoms. The Morgan fingerprint density at radius 2 is 1.75 bits per heavy atom. The van der Waals surface area contributed by atoms with Crippen molar-refractivity contribution >= 4 is 11.9 Å². The molecule has 7 nitrogen and oxygen atoms in total. The topological polar surface area (TPSA) is 88.3 Å². The summed E-state index contributed by atoms with van der Waals surface area (Å²) in [7, 11) is 0. The van der Waals surface area contributed by atoms with Gasteiger partial charge in [0, 0.05) is 11.6 Å². The third kappa shape index (κ3) is 3.90. The zero-order chi connectivity index (χ0) is 22.1. The number of rotatable bonds is 6. The number of carbonyl (C=O) groups excluding carboxylic acids is 1. The van der Waals surface area contributed by atoms with E-state index in [4.69, 9.17) is 0 Å². The molecular weight excluding hydrogens is 404 g/mol. The van der Waals surface area contributed by atoms with Gasteiger partial charge in [0.15, 0.2) is 5.82 Å². The Morgan fingerprint density at radius 1 is 1.00 bits per heavy atom. The molecule has 1 fully saturated rings. The van der Waals surface area contributed by atoms with Gasteiger partial charge in [0.25, 0.3) is 5.91 Å². The van der Waals surface area contributed by atoms with Crippen LogP contribution in [-0.4, -0.2) is 49.2 Å². The summed E-state index contributed by atoms with van der Waals surface area (Å²) in [4.78, 5) is 30.9. The number of nitrogens with zero attached hydrogens (tertiary/aromatic N) is 4. The number of aromatic nitrogens is 3. The number of benzene rings is 2. The van der Waals surface area contributed by atoms with Crippen LogP contribution in [0.3, 0.4) is 0 Å². The number of carboxylic acids is 1. The lowest BCUT2D eigenvalue weighted by Crippen LogP contribution is -2.42. The molecule has 1 saturated carbocycles. The quantitative estimate of drug-likeness (QED) is 0.641. The second-order valence-electron chi connectivity index (χ2n) is 8.61. The van der Waals surface area contributed by atoms with Crippen molar-refractivity contribution in [2.45, 2.75) is 51.0 Å². The molecule has 0 atom stereocenters. The second-order valence-corrected chi connectivity index (χ2v) is 8.61. The first kappa shape index (κ1) is 20.4. The van der Waals surface area contributed by atoms with E-state index in [1.165, 1.54) is 16.0 Å². The van der Waals surface area contributed by atoms with Crippen molar-refractivity contribution in [3.63, 3.8) is 0 Å². The van der Waals surface area contributed by atoms with Gasteiger partial charge >= 0.3 is 5.97 Å². The lowest BCUT2D eigenvalue weighted by Gasteiger charge is -2.26. The Labute approximate surface area is 186 Å². The largest absolute Gasteiger partial charge is 0.480 e. The molecule has 1 N–H and O–H groups in total. The Hall–Kier alpha value is -3.48. The minimum Gasteiger partial charge on any atom is -0.480 e. The third-order valence-corrected chi connectivity index (χ3v) is 6.49. The molecule has 164 valence electrons. The Kier molecular flexibility index (Phi) is 5.47. The van der Waals surface area contributed by atoms with Gasteiger partial charge in [-0.1, -0.05) is 49.2 Å². The highest BCUT2D eigenvalue weighted by Gasteiger charge is 2.32. The van der Waals surface area contributed by atoms with Gasteiger partial charge in [-0.3, -0.25) is 9.59 Å². The van der Waals surface area contributed by atoms with Crippen LogP contribution in [0.15, 0.2) is 48.5 Å². The van der Waals surface area contributed by atoms with E-state index in [2.05, 4.69) is 22.2 Å². The Bertz CT molecular complexity index is 1150. The zero-order valence-corrected chi connectivity index (χ0v) is 17.9. The van der Waals surface area contributed by atoms with Gasteiger partial charge in [0.1, 0.15) is 6.54 Å². The van der Waals surface area contributed by atoms with E-state index in [1.807, 2.05) is 36.4 Å². The van der Waals surface area contributed by atoms with E-state index in [9.17, 15) is 14.7 Å². The molecule has 7 heteroatoms. The van der Waals surface area contributed by atoms with Crippen molar-refractivity contribution in [1.29, 1.82) is 0 Å². The monoisotopic (exact) mass is 430 g/mol. The number of amides is 1. The highest BCUT2D eigenvalue weighted by Crippen LogP contribution is 2.28. The molecule has 0 unspecified atom stereocenters. The summed E-state index contributed by atoms with van der Waals surface area (Å²) in [6.07, 6.45) is 6.91. The zero-order valence-electron chi connectivity index (χ0n) is 17.9. The van der Waals surface area contributed by atoms with E-state index >= 15 is 0 Å². The van der Waals surface area contributed by atoms with Gasteiger partial charge in [-0.05, 0) is 55.4 Å². The van der Waals surface area contributed by atoms with Crippen molar-refractivity contribution in [1.82, 2.24) is 19.7 Å². The summed E-state index contributed by atoms with van der Waals surface area (Å²) in [5, 5.41) is 14.0. The van der Waals surface area contributed by atoms with Crippen LogP contribution in [0, 0.1) is 0 Å². The molecule has 1 aromatic heterocycles. The first-order valence-electron chi connectivity index (χ1n) is 11.3. The fraction of sp³-hybridized carbons (Fsp3) is 0.360. The maximum atomic E-state index is 13.4. The fourth-order valence-corrected chi connectivity index (χ4v) is 4.90. The number of carbonyl (C=O) groups is 2. The number of aliphatic carboxylic acids is 1. The summed E-state index contributed by atoms with van der Waals surface area (Å²) < 4.78 is 1.72. The summed E-state index contributed by atoms with van der Waals surface area (Å²) in [5.41, 5.74) is 4.38. The predicted octanol–water partition coefficient (Wildman–Crippen LogP) is 3.89. The molecule has 0 bridgehead atoms. The van der Waals surface area contributed by atoms with Crippen molar-refractivity contribution < 1.29 is 14.7 Å². The van der Waals surface area contributed by atoms with Crippen LogP contribution >= 0.6 is 0 Å². The minimum atomic E-state index is -1.02. The fourth-order valence-electron chi connectivity index (χ4n) is 4.90. The average Bonchev–Trinajstić information content (AvgIpc) is 3.57. The lowest BCUT2D eigenvalue weighted by molar-refractivity contribution is -0.138. The van der Waals surface area contributed by atoms with Gasteiger partial charge in [-0.25, -0.2) is 9.67 Å². The smallest absolute Gasteiger partial charge is 0.323 e. The summed E-state index contributed by atoms with van der Waals surface area (Å²) in [6, 6.07) is 15.9. The SMILES string of the molecule is O=C(O)CN(C(=O)c1nc(-c2ccccc2)n(-c2ccc3c(c2)CCC3)n1)C1CCCC1. The first-order chi connectivity index (χ1) is 15.6. The number of hydrogen-bond donors (Lipinski definition) is 1. The third-order valence-electron chi connectivity index (χ3n) is 6.49. The van der Waals surface area contributed by atoms with Crippen LogP contribution in [0.1, 0.15) is 53.8 Å². The minimum absolute atomic E-state index is 0.0394. The maximum Gasteiger partial charge on any atom is 0.323 e. The summed E-state index contributed by atoms with van der Waals surface area (Å²) in [6.45, 7) is -0.336. The van der Waals surface area contributed by atoms with E-state index in [0.29, 0.717) is 5.82 Å². The van der Waals surface area contributed by atoms with Crippen LogP contribution in [0.25, 0.3) is 17.1 Å². The molecule has 5 rings (SSSR count). The van der Waals surface area contributed by atoms with E-state index in [0.717, 1.165) is 56.2 Å². The summed E-state index contributed by atoms with van der Waals surface area (Å²) >= 11 is 0. The van der Waals surface area contributed by atoms with Gasteiger partial charge in [-0.15, -0.1) is 5.10 Å². The van der Waals surface area contributed by atoms with E-state index in [1.54, 1.807) is 4.68 Å². The molecule has 2 aliphatic rings. The molecule has 0 radical (unpaired) electrons. The van der Waals surface area contributed by atoms with E-state index < -0.39 is 11.9 Å². The highest BCUT2D eigenvalue weighted by atomic mass is 16.4.